The van der Waals surface area contributed by atoms with Crippen molar-refractivity contribution in [1.29, 1.82) is 0 Å². The Labute approximate surface area is 108 Å². The minimum Gasteiger partial charge on any atom is -0.464 e. The monoisotopic (exact) mass is 244 g/mol. The Morgan fingerprint density at radius 2 is 2.06 bits per heavy atom. The van der Waals surface area contributed by atoms with Gasteiger partial charge in [0.2, 0.25) is 0 Å². The van der Waals surface area contributed by atoms with E-state index in [0.29, 0.717) is 12.3 Å². The summed E-state index contributed by atoms with van der Waals surface area (Å²) >= 11 is 0. The maximum atomic E-state index is 12.3. The zero-order valence-electron chi connectivity index (χ0n) is 11.3. The summed E-state index contributed by atoms with van der Waals surface area (Å²) in [5.41, 5.74) is 1.21. The quantitative estimate of drug-likeness (QED) is 0.745. The van der Waals surface area contributed by atoms with E-state index in [0.717, 1.165) is 11.3 Å². The van der Waals surface area contributed by atoms with Crippen molar-refractivity contribution < 1.29 is 9.21 Å². The third kappa shape index (κ3) is 1.58. The van der Waals surface area contributed by atoms with Crippen molar-refractivity contribution in [3.8, 4) is 0 Å². The molecule has 0 amide bonds. The van der Waals surface area contributed by atoms with Crippen molar-refractivity contribution in [3.63, 3.8) is 0 Å². The minimum absolute atomic E-state index is 0.152. The van der Waals surface area contributed by atoms with E-state index in [1.807, 2.05) is 12.1 Å². The van der Waals surface area contributed by atoms with Crippen LogP contribution in [0, 0.1) is 16.7 Å². The molecule has 0 N–H and O–H groups in total. The summed E-state index contributed by atoms with van der Waals surface area (Å²) in [6.07, 6.45) is 6.84. The number of hydrogen-bond acceptors (Lipinski definition) is 2. The second-order valence-electron chi connectivity index (χ2n) is 6.71. The van der Waals surface area contributed by atoms with Crippen LogP contribution in [0.25, 0.3) is 5.57 Å². The first kappa shape index (κ1) is 11.8. The van der Waals surface area contributed by atoms with Gasteiger partial charge in [-0.05, 0) is 41.7 Å². The van der Waals surface area contributed by atoms with Gasteiger partial charge < -0.3 is 4.42 Å². The Hall–Kier alpha value is -1.31. The summed E-state index contributed by atoms with van der Waals surface area (Å²) in [6, 6.07) is 3.73. The van der Waals surface area contributed by atoms with Crippen molar-refractivity contribution in [2.75, 3.05) is 0 Å². The zero-order chi connectivity index (χ0) is 13.0. The Kier molecular flexibility index (Phi) is 2.35. The van der Waals surface area contributed by atoms with Crippen molar-refractivity contribution in [2.24, 2.45) is 16.7 Å². The molecule has 2 heteroatoms. The zero-order valence-corrected chi connectivity index (χ0v) is 11.3. The van der Waals surface area contributed by atoms with E-state index in [1.165, 1.54) is 12.8 Å². The lowest BCUT2D eigenvalue weighted by Crippen LogP contribution is -2.34. The van der Waals surface area contributed by atoms with E-state index in [9.17, 15) is 4.79 Å². The van der Waals surface area contributed by atoms with Gasteiger partial charge in [-0.3, -0.25) is 4.79 Å². The fourth-order valence-corrected chi connectivity index (χ4v) is 3.86. The van der Waals surface area contributed by atoms with Gasteiger partial charge in [-0.15, -0.1) is 0 Å². The molecule has 2 nitrogen and oxygen atoms in total. The number of carbonyl (C=O) groups excluding carboxylic acids is 1. The lowest BCUT2D eigenvalue weighted by molar-refractivity contribution is -0.116. The van der Waals surface area contributed by atoms with Gasteiger partial charge in [-0.2, -0.15) is 0 Å². The molecule has 3 rings (SSSR count). The predicted octanol–water partition coefficient (Wildman–Crippen LogP) is 4.08. The van der Waals surface area contributed by atoms with E-state index in [-0.39, 0.29) is 16.6 Å². The molecule has 1 saturated carbocycles. The van der Waals surface area contributed by atoms with Crippen LogP contribution in [0.5, 0.6) is 0 Å². The highest BCUT2D eigenvalue weighted by atomic mass is 16.3. The van der Waals surface area contributed by atoms with Crippen molar-refractivity contribution >= 4 is 11.4 Å². The molecule has 2 aliphatic rings. The van der Waals surface area contributed by atoms with Crippen LogP contribution in [0.4, 0.5) is 0 Å². The molecule has 1 aromatic rings. The van der Waals surface area contributed by atoms with Crippen LogP contribution in [0.1, 0.15) is 45.8 Å². The predicted molar refractivity (Wildman–Crippen MR) is 70.9 cm³/mol. The maximum Gasteiger partial charge on any atom is 0.166 e. The molecule has 18 heavy (non-hydrogen) atoms. The summed E-state index contributed by atoms with van der Waals surface area (Å²) < 4.78 is 5.40. The van der Waals surface area contributed by atoms with Crippen LogP contribution >= 0.6 is 0 Å². The number of rotatable bonds is 1. The number of allylic oxidation sites excluding steroid dienone is 2. The first-order chi connectivity index (χ1) is 8.42. The largest absolute Gasteiger partial charge is 0.464 e. The van der Waals surface area contributed by atoms with Crippen molar-refractivity contribution in [1.82, 2.24) is 0 Å². The molecule has 2 atom stereocenters. The third-order valence-corrected chi connectivity index (χ3v) is 5.00. The fourth-order valence-electron chi connectivity index (χ4n) is 3.86. The van der Waals surface area contributed by atoms with Crippen molar-refractivity contribution in [2.45, 2.75) is 40.0 Å². The lowest BCUT2D eigenvalue weighted by Gasteiger charge is -2.39. The van der Waals surface area contributed by atoms with Gasteiger partial charge in [-0.1, -0.05) is 26.8 Å². The van der Waals surface area contributed by atoms with E-state index in [4.69, 9.17) is 4.42 Å². The Bertz CT molecular complexity index is 507. The molecule has 0 bridgehead atoms. The summed E-state index contributed by atoms with van der Waals surface area (Å²) in [5.74, 6) is 1.43. The summed E-state index contributed by atoms with van der Waals surface area (Å²) in [5, 5.41) is 0. The molecule has 96 valence electrons. The van der Waals surface area contributed by atoms with E-state index in [2.05, 4.69) is 26.8 Å². The Morgan fingerprint density at radius 1 is 1.28 bits per heavy atom. The number of furan rings is 1. The molecular formula is C16H20O2. The van der Waals surface area contributed by atoms with E-state index in [1.54, 1.807) is 6.26 Å². The summed E-state index contributed by atoms with van der Waals surface area (Å²) in [4.78, 5) is 12.3. The standard InChI is InChI=1S/C16H20O2/c1-15(2)6-7-16(3)10-11(12(17)9-14(15)16)13-5-4-8-18-13/h4-5,8,10,14H,6-7,9H2,1-3H3. The molecule has 0 aromatic carbocycles. The number of fused-ring (bicyclic) bond motifs is 1. The molecule has 1 aromatic heterocycles. The fraction of sp³-hybridized carbons (Fsp3) is 0.562. The van der Waals surface area contributed by atoms with Crippen molar-refractivity contribution in [3.05, 3.63) is 30.2 Å². The molecule has 0 radical (unpaired) electrons. The number of carbonyl (C=O) groups is 1. The van der Waals surface area contributed by atoms with Gasteiger partial charge in [0.1, 0.15) is 5.76 Å². The van der Waals surface area contributed by atoms with Gasteiger partial charge in [0.05, 0.1) is 11.8 Å². The third-order valence-electron chi connectivity index (χ3n) is 5.00. The average Bonchev–Trinajstić information content (AvgIpc) is 2.89. The molecule has 2 unspecified atom stereocenters. The van der Waals surface area contributed by atoms with Gasteiger partial charge >= 0.3 is 0 Å². The average molecular weight is 244 g/mol. The van der Waals surface area contributed by atoms with Crippen LogP contribution in [0.2, 0.25) is 0 Å². The molecule has 2 aliphatic carbocycles. The van der Waals surface area contributed by atoms with Gasteiger partial charge in [0.25, 0.3) is 0 Å². The minimum atomic E-state index is 0.152. The van der Waals surface area contributed by atoms with E-state index >= 15 is 0 Å². The van der Waals surface area contributed by atoms with Crippen LogP contribution < -0.4 is 0 Å². The molecule has 0 spiro atoms. The normalized spacial score (nSPS) is 34.3. The van der Waals surface area contributed by atoms with Crippen LogP contribution in [-0.4, -0.2) is 5.78 Å². The highest BCUT2D eigenvalue weighted by molar-refractivity contribution is 6.20. The Morgan fingerprint density at radius 3 is 2.72 bits per heavy atom. The second-order valence-corrected chi connectivity index (χ2v) is 6.71. The summed E-state index contributed by atoms with van der Waals surface area (Å²) in [6.45, 7) is 6.88. The summed E-state index contributed by atoms with van der Waals surface area (Å²) in [7, 11) is 0. The lowest BCUT2D eigenvalue weighted by atomic mass is 9.65. The molecule has 0 aliphatic heterocycles. The van der Waals surface area contributed by atoms with Gasteiger partial charge in [0.15, 0.2) is 5.78 Å². The second kappa shape index (κ2) is 3.59. The van der Waals surface area contributed by atoms with Gasteiger partial charge in [-0.25, -0.2) is 0 Å². The highest BCUT2D eigenvalue weighted by Crippen LogP contribution is 2.59. The van der Waals surface area contributed by atoms with Crippen LogP contribution in [-0.2, 0) is 4.79 Å². The molecular weight excluding hydrogens is 224 g/mol. The van der Waals surface area contributed by atoms with E-state index < -0.39 is 0 Å². The Balaban J connectivity index is 2.05. The topological polar surface area (TPSA) is 30.2 Å². The van der Waals surface area contributed by atoms with Crippen LogP contribution in [0.15, 0.2) is 28.9 Å². The van der Waals surface area contributed by atoms with Crippen LogP contribution in [0.3, 0.4) is 0 Å². The molecule has 1 fully saturated rings. The highest BCUT2D eigenvalue weighted by Gasteiger charge is 2.51. The molecule has 0 saturated heterocycles. The first-order valence-electron chi connectivity index (χ1n) is 6.72. The first-order valence-corrected chi connectivity index (χ1v) is 6.72. The number of hydrogen-bond donors (Lipinski definition) is 0. The maximum absolute atomic E-state index is 12.3. The van der Waals surface area contributed by atoms with Gasteiger partial charge in [0, 0.05) is 6.42 Å². The number of Topliss-reactive ketones (excluding diaryl/α,β-unsaturated/α-hetero) is 1. The number of ketones is 1. The SMILES string of the molecule is CC1(C)CCC2(C)C=C(c3ccco3)C(=O)CC12. The smallest absolute Gasteiger partial charge is 0.166 e. The molecule has 1 heterocycles.